The quantitative estimate of drug-likeness (QED) is 0.736. The average Bonchev–Trinajstić information content (AvgIpc) is 2.96. The van der Waals surface area contributed by atoms with E-state index in [-0.39, 0.29) is 11.9 Å². The third kappa shape index (κ3) is 3.04. The lowest BCUT2D eigenvalue weighted by Crippen LogP contribution is -2.39. The number of aliphatic hydroxyl groups excluding tert-OH is 1. The molecule has 0 unspecified atom stereocenters. The Morgan fingerprint density at radius 3 is 2.69 bits per heavy atom. The predicted octanol–water partition coefficient (Wildman–Crippen LogP) is 2.97. The molecule has 3 heterocycles. The number of fused-ring (bicyclic) bond motifs is 1. The van der Waals surface area contributed by atoms with Gasteiger partial charge in [-0.2, -0.15) is 0 Å². The van der Waals surface area contributed by atoms with Crippen LogP contribution in [0.4, 0.5) is 0 Å². The summed E-state index contributed by atoms with van der Waals surface area (Å²) in [7, 11) is 0. The van der Waals surface area contributed by atoms with E-state index < -0.39 is 0 Å². The zero-order valence-electron chi connectivity index (χ0n) is 14.9. The SMILES string of the molecule is Cc1c(C(=O)CN2CCC(O)CC2)c2ccccc2n1-c1cccnc1. The number of carbonyl (C=O) groups is 1. The summed E-state index contributed by atoms with van der Waals surface area (Å²) >= 11 is 0. The van der Waals surface area contributed by atoms with Crippen molar-refractivity contribution < 1.29 is 9.90 Å². The number of Topliss-reactive ketones (excluding diaryl/α,β-unsaturated/α-hetero) is 1. The van der Waals surface area contributed by atoms with Gasteiger partial charge in [0, 0.05) is 35.9 Å². The summed E-state index contributed by atoms with van der Waals surface area (Å²) in [5.41, 5.74) is 3.72. The molecule has 0 saturated carbocycles. The number of likely N-dealkylation sites (tertiary alicyclic amines) is 1. The number of aliphatic hydroxyl groups is 1. The molecule has 1 saturated heterocycles. The van der Waals surface area contributed by atoms with Gasteiger partial charge in [0.1, 0.15) is 0 Å². The molecular weight excluding hydrogens is 326 g/mol. The van der Waals surface area contributed by atoms with E-state index in [0.29, 0.717) is 6.54 Å². The molecule has 0 aliphatic carbocycles. The standard InChI is InChI=1S/C21H23N3O2/c1-15-21(20(26)14-23-11-8-17(25)9-12-23)18-6-2-3-7-19(18)24(15)16-5-4-10-22-13-16/h2-7,10,13,17,25H,8-9,11-12,14H2,1H3. The molecule has 4 rings (SSSR count). The van der Waals surface area contributed by atoms with E-state index in [0.717, 1.165) is 53.8 Å². The van der Waals surface area contributed by atoms with Crippen molar-refractivity contribution in [3.8, 4) is 5.69 Å². The second kappa shape index (κ2) is 7.02. The Bertz CT molecular complexity index is 925. The van der Waals surface area contributed by atoms with E-state index in [1.54, 1.807) is 6.20 Å². The average molecular weight is 349 g/mol. The lowest BCUT2D eigenvalue weighted by Gasteiger charge is -2.28. The Balaban J connectivity index is 1.73. The molecule has 2 aromatic heterocycles. The summed E-state index contributed by atoms with van der Waals surface area (Å²) in [6.07, 6.45) is 4.82. The topological polar surface area (TPSA) is 58.4 Å². The first kappa shape index (κ1) is 16.9. The Morgan fingerprint density at radius 2 is 1.96 bits per heavy atom. The molecule has 1 fully saturated rings. The maximum Gasteiger partial charge on any atom is 0.179 e. The fourth-order valence-corrected chi connectivity index (χ4v) is 3.90. The molecule has 0 amide bonds. The normalized spacial score (nSPS) is 16.2. The van der Waals surface area contributed by atoms with Crippen molar-refractivity contribution in [1.29, 1.82) is 0 Å². The van der Waals surface area contributed by atoms with Crippen LogP contribution in [0, 0.1) is 6.92 Å². The highest BCUT2D eigenvalue weighted by molar-refractivity contribution is 6.10. The summed E-state index contributed by atoms with van der Waals surface area (Å²) in [5.74, 6) is 0.137. The van der Waals surface area contributed by atoms with Gasteiger partial charge in [0.2, 0.25) is 0 Å². The highest BCUT2D eigenvalue weighted by atomic mass is 16.3. The molecule has 26 heavy (non-hydrogen) atoms. The maximum absolute atomic E-state index is 13.1. The summed E-state index contributed by atoms with van der Waals surface area (Å²) in [6.45, 7) is 3.94. The van der Waals surface area contributed by atoms with Gasteiger partial charge in [-0.05, 0) is 38.0 Å². The monoisotopic (exact) mass is 349 g/mol. The molecule has 5 nitrogen and oxygen atoms in total. The number of carbonyl (C=O) groups excluding carboxylic acids is 1. The Hall–Kier alpha value is -2.50. The van der Waals surface area contributed by atoms with Gasteiger partial charge in [-0.1, -0.05) is 18.2 Å². The fourth-order valence-electron chi connectivity index (χ4n) is 3.90. The second-order valence-corrected chi connectivity index (χ2v) is 6.95. The van der Waals surface area contributed by atoms with Gasteiger partial charge in [0.05, 0.1) is 30.0 Å². The number of nitrogens with zero attached hydrogens (tertiary/aromatic N) is 3. The number of para-hydroxylation sites is 1. The van der Waals surface area contributed by atoms with Crippen LogP contribution in [0.15, 0.2) is 48.8 Å². The van der Waals surface area contributed by atoms with E-state index in [9.17, 15) is 9.90 Å². The molecule has 0 radical (unpaired) electrons. The third-order valence-corrected chi connectivity index (χ3v) is 5.22. The van der Waals surface area contributed by atoms with E-state index >= 15 is 0 Å². The van der Waals surface area contributed by atoms with Crippen LogP contribution in [0.2, 0.25) is 0 Å². The van der Waals surface area contributed by atoms with Gasteiger partial charge in [-0.3, -0.25) is 14.7 Å². The lowest BCUT2D eigenvalue weighted by atomic mass is 10.0. The van der Waals surface area contributed by atoms with Crippen LogP contribution in [-0.4, -0.2) is 51.1 Å². The Labute approximate surface area is 152 Å². The Morgan fingerprint density at radius 1 is 1.19 bits per heavy atom. The zero-order valence-corrected chi connectivity index (χ0v) is 14.9. The largest absolute Gasteiger partial charge is 0.393 e. The highest BCUT2D eigenvalue weighted by Crippen LogP contribution is 2.29. The number of piperidine rings is 1. The number of hydrogen-bond acceptors (Lipinski definition) is 4. The van der Waals surface area contributed by atoms with Crippen LogP contribution in [0.1, 0.15) is 28.9 Å². The first-order chi connectivity index (χ1) is 12.6. The smallest absolute Gasteiger partial charge is 0.179 e. The van der Waals surface area contributed by atoms with Crippen molar-refractivity contribution in [3.05, 3.63) is 60.0 Å². The first-order valence-electron chi connectivity index (χ1n) is 9.09. The highest BCUT2D eigenvalue weighted by Gasteiger charge is 2.24. The van der Waals surface area contributed by atoms with Gasteiger partial charge >= 0.3 is 0 Å². The van der Waals surface area contributed by atoms with Crippen molar-refractivity contribution in [3.63, 3.8) is 0 Å². The van der Waals surface area contributed by atoms with Gasteiger partial charge in [-0.25, -0.2) is 0 Å². The molecule has 134 valence electrons. The molecule has 5 heteroatoms. The summed E-state index contributed by atoms with van der Waals surface area (Å²) in [4.78, 5) is 19.5. The van der Waals surface area contributed by atoms with E-state index in [2.05, 4.69) is 14.5 Å². The number of ketones is 1. The van der Waals surface area contributed by atoms with Gasteiger partial charge in [0.25, 0.3) is 0 Å². The molecular formula is C21H23N3O2. The number of hydrogen-bond donors (Lipinski definition) is 1. The van der Waals surface area contributed by atoms with Crippen LogP contribution >= 0.6 is 0 Å². The van der Waals surface area contributed by atoms with Crippen LogP contribution in [0.3, 0.4) is 0 Å². The lowest BCUT2D eigenvalue weighted by molar-refractivity contribution is 0.0711. The number of rotatable bonds is 4. The van der Waals surface area contributed by atoms with Crippen molar-refractivity contribution in [2.75, 3.05) is 19.6 Å². The van der Waals surface area contributed by atoms with Crippen LogP contribution < -0.4 is 0 Å². The van der Waals surface area contributed by atoms with E-state index in [1.807, 2.05) is 49.5 Å². The molecule has 1 aromatic carbocycles. The number of pyridine rings is 1. The summed E-state index contributed by atoms with van der Waals surface area (Å²) < 4.78 is 2.11. The summed E-state index contributed by atoms with van der Waals surface area (Å²) in [5, 5.41) is 10.7. The fraction of sp³-hybridized carbons (Fsp3) is 0.333. The van der Waals surface area contributed by atoms with Crippen LogP contribution in [0.25, 0.3) is 16.6 Å². The molecule has 1 aliphatic rings. The Kier molecular flexibility index (Phi) is 4.57. The molecule has 0 bridgehead atoms. The molecule has 3 aromatic rings. The minimum atomic E-state index is -0.226. The molecule has 0 atom stereocenters. The minimum Gasteiger partial charge on any atom is -0.393 e. The third-order valence-electron chi connectivity index (χ3n) is 5.22. The molecule has 1 N–H and O–H groups in total. The van der Waals surface area contributed by atoms with Crippen molar-refractivity contribution in [1.82, 2.24) is 14.5 Å². The van der Waals surface area contributed by atoms with Crippen LogP contribution in [0.5, 0.6) is 0 Å². The van der Waals surface area contributed by atoms with E-state index in [4.69, 9.17) is 0 Å². The van der Waals surface area contributed by atoms with Gasteiger partial charge < -0.3 is 9.67 Å². The second-order valence-electron chi connectivity index (χ2n) is 6.95. The number of benzene rings is 1. The maximum atomic E-state index is 13.1. The van der Waals surface area contributed by atoms with Crippen molar-refractivity contribution >= 4 is 16.7 Å². The number of aromatic nitrogens is 2. The molecule has 0 spiro atoms. The van der Waals surface area contributed by atoms with Gasteiger partial charge in [0.15, 0.2) is 5.78 Å². The summed E-state index contributed by atoms with van der Waals surface area (Å²) in [6, 6.07) is 11.9. The molecule has 1 aliphatic heterocycles. The van der Waals surface area contributed by atoms with Gasteiger partial charge in [-0.15, -0.1) is 0 Å². The zero-order chi connectivity index (χ0) is 18.1. The van der Waals surface area contributed by atoms with E-state index in [1.165, 1.54) is 0 Å². The van der Waals surface area contributed by atoms with Crippen molar-refractivity contribution in [2.45, 2.75) is 25.9 Å². The van der Waals surface area contributed by atoms with Crippen LogP contribution in [-0.2, 0) is 0 Å². The predicted molar refractivity (Wildman–Crippen MR) is 102 cm³/mol. The van der Waals surface area contributed by atoms with Crippen molar-refractivity contribution in [2.24, 2.45) is 0 Å². The first-order valence-corrected chi connectivity index (χ1v) is 9.09. The minimum absolute atomic E-state index is 0.137.